The zero-order chi connectivity index (χ0) is 13.9. The van der Waals surface area contributed by atoms with Gasteiger partial charge in [-0.25, -0.2) is 0 Å². The Morgan fingerprint density at radius 2 is 2.00 bits per heavy atom. The van der Waals surface area contributed by atoms with Crippen molar-refractivity contribution in [2.24, 2.45) is 11.7 Å². The molecule has 5 heteroatoms. The van der Waals surface area contributed by atoms with Crippen molar-refractivity contribution in [1.82, 2.24) is 0 Å². The van der Waals surface area contributed by atoms with E-state index in [9.17, 15) is 13.2 Å². The number of benzene rings is 1. The van der Waals surface area contributed by atoms with Crippen LogP contribution in [0.3, 0.4) is 0 Å². The highest BCUT2D eigenvalue weighted by Gasteiger charge is 2.34. The maximum atomic E-state index is 13.0. The lowest BCUT2D eigenvalue weighted by Crippen LogP contribution is -2.11. The van der Waals surface area contributed by atoms with Gasteiger partial charge in [-0.3, -0.25) is 0 Å². The van der Waals surface area contributed by atoms with Crippen molar-refractivity contribution < 1.29 is 17.9 Å². The van der Waals surface area contributed by atoms with Crippen molar-refractivity contribution in [3.05, 3.63) is 29.3 Å². The van der Waals surface area contributed by atoms with Gasteiger partial charge < -0.3 is 10.5 Å². The number of nitrogens with two attached hydrogens (primary N) is 1. The monoisotopic (exact) mass is 273 g/mol. The van der Waals surface area contributed by atoms with Crippen molar-refractivity contribution in [2.75, 3.05) is 13.2 Å². The summed E-state index contributed by atoms with van der Waals surface area (Å²) in [5.41, 5.74) is 5.25. The molecule has 0 bridgehead atoms. The van der Waals surface area contributed by atoms with Crippen LogP contribution in [-0.4, -0.2) is 13.2 Å². The lowest BCUT2D eigenvalue weighted by molar-refractivity contribution is -0.139. The molecule has 1 saturated carbocycles. The second kappa shape index (κ2) is 5.82. The van der Waals surface area contributed by atoms with Gasteiger partial charge in [-0.2, -0.15) is 13.2 Å². The molecular formula is C14H18F3NO. The second-order valence-electron chi connectivity index (χ2n) is 4.95. The largest absolute Gasteiger partial charge is 0.493 e. The Labute approximate surface area is 110 Å². The van der Waals surface area contributed by atoms with Crippen molar-refractivity contribution in [3.8, 4) is 5.75 Å². The van der Waals surface area contributed by atoms with Crippen LogP contribution in [0.1, 0.15) is 30.4 Å². The van der Waals surface area contributed by atoms with E-state index in [1.165, 1.54) is 18.9 Å². The number of alkyl halides is 3. The average Bonchev–Trinajstić information content (AvgIpc) is 3.14. The smallest absolute Gasteiger partial charge is 0.419 e. The Kier molecular flexibility index (Phi) is 4.34. The van der Waals surface area contributed by atoms with Gasteiger partial charge in [0.2, 0.25) is 0 Å². The van der Waals surface area contributed by atoms with Crippen LogP contribution < -0.4 is 10.5 Å². The fraction of sp³-hybridized carbons (Fsp3) is 0.571. The summed E-state index contributed by atoms with van der Waals surface area (Å²) < 4.78 is 44.2. The van der Waals surface area contributed by atoms with E-state index in [1.807, 2.05) is 0 Å². The van der Waals surface area contributed by atoms with E-state index in [0.717, 1.165) is 12.5 Å². The molecule has 0 unspecified atom stereocenters. The molecule has 0 radical (unpaired) electrons. The van der Waals surface area contributed by atoms with Gasteiger partial charge in [0.15, 0.2) is 0 Å². The first-order valence-corrected chi connectivity index (χ1v) is 6.53. The molecule has 2 N–H and O–H groups in total. The van der Waals surface area contributed by atoms with Gasteiger partial charge >= 0.3 is 6.18 Å². The summed E-state index contributed by atoms with van der Waals surface area (Å²) in [6.45, 7) is 0.684. The van der Waals surface area contributed by atoms with E-state index in [0.29, 0.717) is 31.1 Å². The van der Waals surface area contributed by atoms with E-state index >= 15 is 0 Å². The summed E-state index contributed by atoms with van der Waals surface area (Å²) in [4.78, 5) is 0. The number of halogens is 3. The summed E-state index contributed by atoms with van der Waals surface area (Å²) >= 11 is 0. The standard InChI is InChI=1S/C14H18F3NO/c15-14(16,17)12-9-11(5-7-18)3-4-13(12)19-8-6-10-1-2-10/h3-4,9-10H,1-2,5-8,18H2. The van der Waals surface area contributed by atoms with Crippen molar-refractivity contribution in [1.29, 1.82) is 0 Å². The minimum absolute atomic E-state index is 0.0751. The predicted octanol–water partition coefficient (Wildman–Crippen LogP) is 3.39. The Morgan fingerprint density at radius 3 is 2.58 bits per heavy atom. The predicted molar refractivity (Wildman–Crippen MR) is 67.0 cm³/mol. The van der Waals surface area contributed by atoms with Crippen LogP contribution in [0.5, 0.6) is 5.75 Å². The number of hydrogen-bond acceptors (Lipinski definition) is 2. The molecule has 1 fully saturated rings. The second-order valence-corrected chi connectivity index (χ2v) is 4.95. The molecule has 1 aliphatic rings. The first-order chi connectivity index (χ1) is 9.00. The van der Waals surface area contributed by atoms with E-state index in [2.05, 4.69) is 0 Å². The molecule has 2 rings (SSSR count). The van der Waals surface area contributed by atoms with Crippen molar-refractivity contribution in [3.63, 3.8) is 0 Å². The average molecular weight is 273 g/mol. The third kappa shape index (κ3) is 4.13. The minimum atomic E-state index is -4.39. The molecule has 106 valence electrons. The Hall–Kier alpha value is -1.23. The molecule has 0 aromatic heterocycles. The number of ether oxygens (including phenoxy) is 1. The molecule has 1 aliphatic carbocycles. The normalized spacial score (nSPS) is 15.6. The van der Waals surface area contributed by atoms with Gasteiger partial charge in [0, 0.05) is 0 Å². The van der Waals surface area contributed by atoms with Gasteiger partial charge in [0.05, 0.1) is 12.2 Å². The lowest BCUT2D eigenvalue weighted by atomic mass is 10.1. The molecule has 2 nitrogen and oxygen atoms in total. The van der Waals surface area contributed by atoms with Crippen molar-refractivity contribution in [2.45, 2.75) is 31.9 Å². The zero-order valence-corrected chi connectivity index (χ0v) is 10.7. The van der Waals surface area contributed by atoms with E-state index in [4.69, 9.17) is 10.5 Å². The molecule has 0 heterocycles. The van der Waals surface area contributed by atoms with Crippen LogP contribution in [0.15, 0.2) is 18.2 Å². The van der Waals surface area contributed by atoms with E-state index in [-0.39, 0.29) is 5.75 Å². The van der Waals surface area contributed by atoms with Gasteiger partial charge in [0.25, 0.3) is 0 Å². The number of hydrogen-bond donors (Lipinski definition) is 1. The summed E-state index contributed by atoms with van der Waals surface area (Å²) in [6, 6.07) is 4.19. The minimum Gasteiger partial charge on any atom is -0.493 e. The highest BCUT2D eigenvalue weighted by molar-refractivity contribution is 5.39. The zero-order valence-electron chi connectivity index (χ0n) is 10.7. The molecule has 19 heavy (non-hydrogen) atoms. The molecular weight excluding hydrogens is 255 g/mol. The first-order valence-electron chi connectivity index (χ1n) is 6.53. The van der Waals surface area contributed by atoms with Crippen LogP contribution in [-0.2, 0) is 12.6 Å². The molecule has 0 aliphatic heterocycles. The molecule has 1 aromatic carbocycles. The highest BCUT2D eigenvalue weighted by atomic mass is 19.4. The van der Waals surface area contributed by atoms with Gasteiger partial charge in [-0.05, 0) is 43.0 Å². The third-order valence-electron chi connectivity index (χ3n) is 3.26. The summed E-state index contributed by atoms with van der Waals surface area (Å²) in [7, 11) is 0. The molecule has 0 atom stereocenters. The van der Waals surface area contributed by atoms with Crippen LogP contribution >= 0.6 is 0 Å². The van der Waals surface area contributed by atoms with Crippen LogP contribution in [0.2, 0.25) is 0 Å². The van der Waals surface area contributed by atoms with E-state index < -0.39 is 11.7 Å². The van der Waals surface area contributed by atoms with Crippen LogP contribution in [0.4, 0.5) is 13.2 Å². The van der Waals surface area contributed by atoms with E-state index in [1.54, 1.807) is 6.07 Å². The third-order valence-corrected chi connectivity index (χ3v) is 3.26. The summed E-state index contributed by atoms with van der Waals surface area (Å²) in [6.07, 6.45) is -0.775. The fourth-order valence-corrected chi connectivity index (χ4v) is 1.99. The summed E-state index contributed by atoms with van der Waals surface area (Å²) in [5, 5.41) is 0. The van der Waals surface area contributed by atoms with Gasteiger partial charge in [-0.15, -0.1) is 0 Å². The first kappa shape index (κ1) is 14.2. The SMILES string of the molecule is NCCc1ccc(OCCC2CC2)c(C(F)(F)F)c1. The Balaban J connectivity index is 2.10. The lowest BCUT2D eigenvalue weighted by Gasteiger charge is -2.15. The maximum Gasteiger partial charge on any atom is 0.419 e. The molecule has 0 spiro atoms. The Bertz CT molecular complexity index is 427. The number of rotatable bonds is 6. The molecule has 0 amide bonds. The van der Waals surface area contributed by atoms with Gasteiger partial charge in [0.1, 0.15) is 5.75 Å². The molecule has 1 aromatic rings. The summed E-state index contributed by atoms with van der Waals surface area (Å²) in [5.74, 6) is 0.569. The van der Waals surface area contributed by atoms with Crippen molar-refractivity contribution >= 4 is 0 Å². The Morgan fingerprint density at radius 1 is 1.26 bits per heavy atom. The topological polar surface area (TPSA) is 35.2 Å². The van der Waals surface area contributed by atoms with Gasteiger partial charge in [-0.1, -0.05) is 18.9 Å². The highest BCUT2D eigenvalue weighted by Crippen LogP contribution is 2.38. The maximum absolute atomic E-state index is 13.0. The quantitative estimate of drug-likeness (QED) is 0.862. The fourth-order valence-electron chi connectivity index (χ4n) is 1.99. The van der Waals surface area contributed by atoms with Crippen LogP contribution in [0, 0.1) is 5.92 Å². The molecule has 0 saturated heterocycles. The van der Waals surface area contributed by atoms with Crippen LogP contribution in [0.25, 0.3) is 0 Å².